The van der Waals surface area contributed by atoms with Gasteiger partial charge in [0.2, 0.25) is 10.0 Å². The molecule has 7 nitrogen and oxygen atoms in total. The molecule has 108 valence electrons. The van der Waals surface area contributed by atoms with Crippen LogP contribution >= 0.6 is 0 Å². The Labute approximate surface area is 113 Å². The van der Waals surface area contributed by atoms with Crippen molar-refractivity contribution in [1.82, 2.24) is 14.6 Å². The van der Waals surface area contributed by atoms with Crippen LogP contribution in [0.2, 0.25) is 0 Å². The van der Waals surface area contributed by atoms with E-state index < -0.39 is 10.0 Å². The number of nitrogens with one attached hydrogen (secondary N) is 2. The average molecular weight is 288 g/mol. The highest BCUT2D eigenvalue weighted by atomic mass is 32.2. The van der Waals surface area contributed by atoms with Crippen LogP contribution in [0.1, 0.15) is 23.8 Å². The molecule has 8 heteroatoms. The number of rotatable bonds is 7. The lowest BCUT2D eigenvalue weighted by Gasteiger charge is -2.08. The quantitative estimate of drug-likeness (QED) is 0.643. The van der Waals surface area contributed by atoms with Gasteiger partial charge >= 0.3 is 0 Å². The Morgan fingerprint density at radius 1 is 1.47 bits per heavy atom. The van der Waals surface area contributed by atoms with E-state index in [0.29, 0.717) is 17.9 Å². The minimum Gasteiger partial charge on any atom is -0.397 e. The molecule has 1 aromatic heterocycles. The summed E-state index contributed by atoms with van der Waals surface area (Å²) >= 11 is 0. The highest BCUT2D eigenvalue weighted by Gasteiger charge is 2.13. The number of carbonyl (C=O) groups is 1. The SMILES string of the molecule is CCCn1cc(N)cc1C(=O)NCCS(=O)(=O)NC. The maximum Gasteiger partial charge on any atom is 0.268 e. The van der Waals surface area contributed by atoms with E-state index in [9.17, 15) is 13.2 Å². The van der Waals surface area contributed by atoms with Gasteiger partial charge in [0.15, 0.2) is 0 Å². The second kappa shape index (κ2) is 6.58. The summed E-state index contributed by atoms with van der Waals surface area (Å²) in [4.78, 5) is 11.9. The second-order valence-electron chi connectivity index (χ2n) is 4.13. The molecular formula is C11H20N4O3S. The number of carbonyl (C=O) groups excluding carboxylic acids is 1. The maximum atomic E-state index is 11.9. The molecule has 0 unspecified atom stereocenters. The molecule has 0 saturated carbocycles. The summed E-state index contributed by atoms with van der Waals surface area (Å²) in [6.07, 6.45) is 2.57. The number of aromatic nitrogens is 1. The van der Waals surface area contributed by atoms with Crippen LogP contribution in [-0.2, 0) is 16.6 Å². The Balaban J connectivity index is 2.63. The fourth-order valence-electron chi connectivity index (χ4n) is 1.64. The molecule has 1 rings (SSSR count). The topological polar surface area (TPSA) is 106 Å². The van der Waals surface area contributed by atoms with Crippen LogP contribution in [0.3, 0.4) is 0 Å². The van der Waals surface area contributed by atoms with Crippen LogP contribution < -0.4 is 15.8 Å². The standard InChI is InChI=1S/C11H20N4O3S/c1-3-5-15-8-9(12)7-10(15)11(16)14-4-6-19(17,18)13-2/h7-8,13H,3-6,12H2,1-2H3,(H,14,16). The fourth-order valence-corrected chi connectivity index (χ4v) is 2.22. The zero-order valence-corrected chi connectivity index (χ0v) is 12.0. The highest BCUT2D eigenvalue weighted by molar-refractivity contribution is 7.89. The Kier molecular flexibility index (Phi) is 5.37. The molecule has 0 aliphatic rings. The van der Waals surface area contributed by atoms with Crippen molar-refractivity contribution in [2.24, 2.45) is 0 Å². The summed E-state index contributed by atoms with van der Waals surface area (Å²) in [6, 6.07) is 1.58. The largest absolute Gasteiger partial charge is 0.397 e. The molecule has 0 aliphatic heterocycles. The van der Waals surface area contributed by atoms with Crippen molar-refractivity contribution >= 4 is 21.6 Å². The third-order valence-electron chi connectivity index (χ3n) is 2.58. The van der Waals surface area contributed by atoms with Gasteiger partial charge in [-0.2, -0.15) is 0 Å². The van der Waals surface area contributed by atoms with Gasteiger partial charge in [0.1, 0.15) is 5.69 Å². The molecule has 1 heterocycles. The lowest BCUT2D eigenvalue weighted by Crippen LogP contribution is -2.33. The zero-order valence-electron chi connectivity index (χ0n) is 11.1. The third-order valence-corrected chi connectivity index (χ3v) is 3.95. The summed E-state index contributed by atoms with van der Waals surface area (Å²) in [7, 11) is -1.97. The number of anilines is 1. The molecular weight excluding hydrogens is 268 g/mol. The molecule has 0 radical (unpaired) electrons. The van der Waals surface area contributed by atoms with Crippen LogP contribution in [0.25, 0.3) is 0 Å². The second-order valence-corrected chi connectivity index (χ2v) is 6.18. The Hall–Kier alpha value is -1.54. The minimum atomic E-state index is -3.31. The molecule has 0 aliphatic carbocycles. The summed E-state index contributed by atoms with van der Waals surface area (Å²) in [5.74, 6) is -0.476. The predicted molar refractivity (Wildman–Crippen MR) is 74.3 cm³/mol. The number of sulfonamides is 1. The van der Waals surface area contributed by atoms with Crippen LogP contribution in [0.15, 0.2) is 12.3 Å². The van der Waals surface area contributed by atoms with Gasteiger partial charge in [-0.25, -0.2) is 13.1 Å². The van der Waals surface area contributed by atoms with E-state index in [0.717, 1.165) is 6.42 Å². The van der Waals surface area contributed by atoms with Gasteiger partial charge in [-0.1, -0.05) is 6.92 Å². The van der Waals surface area contributed by atoms with E-state index in [2.05, 4.69) is 10.0 Å². The van der Waals surface area contributed by atoms with Gasteiger partial charge in [0.05, 0.1) is 11.4 Å². The zero-order chi connectivity index (χ0) is 14.5. The predicted octanol–water partition coefficient (Wildman–Crippen LogP) is -0.241. The summed E-state index contributed by atoms with van der Waals surface area (Å²) in [5, 5.41) is 2.57. The molecule has 0 fully saturated rings. The maximum absolute atomic E-state index is 11.9. The van der Waals surface area contributed by atoms with E-state index in [1.165, 1.54) is 7.05 Å². The van der Waals surface area contributed by atoms with Crippen LogP contribution in [-0.4, -0.2) is 38.2 Å². The lowest BCUT2D eigenvalue weighted by molar-refractivity contribution is 0.0946. The number of hydrogen-bond acceptors (Lipinski definition) is 4. The molecule has 1 amide bonds. The monoisotopic (exact) mass is 288 g/mol. The Bertz CT molecular complexity index is 536. The van der Waals surface area contributed by atoms with E-state index in [1.54, 1.807) is 16.8 Å². The molecule has 0 bridgehead atoms. The molecule has 0 aromatic carbocycles. The summed E-state index contributed by atoms with van der Waals surface area (Å²) in [6.45, 7) is 2.74. The van der Waals surface area contributed by atoms with E-state index in [1.807, 2.05) is 6.92 Å². The smallest absolute Gasteiger partial charge is 0.268 e. The van der Waals surface area contributed by atoms with Gasteiger partial charge < -0.3 is 15.6 Å². The number of hydrogen-bond donors (Lipinski definition) is 3. The number of nitrogen functional groups attached to an aromatic ring is 1. The number of nitrogens with two attached hydrogens (primary N) is 1. The first kappa shape index (κ1) is 15.5. The first-order valence-corrected chi connectivity index (χ1v) is 7.70. The van der Waals surface area contributed by atoms with Gasteiger partial charge in [0, 0.05) is 19.3 Å². The molecule has 19 heavy (non-hydrogen) atoms. The van der Waals surface area contributed by atoms with Crippen molar-refractivity contribution in [2.75, 3.05) is 25.1 Å². The summed E-state index contributed by atoms with van der Waals surface area (Å²) in [5.41, 5.74) is 6.62. The Morgan fingerprint density at radius 3 is 2.74 bits per heavy atom. The van der Waals surface area contributed by atoms with Crippen molar-refractivity contribution in [3.63, 3.8) is 0 Å². The van der Waals surface area contributed by atoms with Gasteiger partial charge in [-0.05, 0) is 19.5 Å². The average Bonchev–Trinajstić information content (AvgIpc) is 2.70. The van der Waals surface area contributed by atoms with Crippen molar-refractivity contribution in [2.45, 2.75) is 19.9 Å². The van der Waals surface area contributed by atoms with Crippen LogP contribution in [0, 0.1) is 0 Å². The van der Waals surface area contributed by atoms with Crippen LogP contribution in [0.4, 0.5) is 5.69 Å². The normalized spacial score (nSPS) is 11.5. The van der Waals surface area contributed by atoms with E-state index >= 15 is 0 Å². The number of nitrogens with zero attached hydrogens (tertiary/aromatic N) is 1. The van der Waals surface area contributed by atoms with Crippen molar-refractivity contribution in [1.29, 1.82) is 0 Å². The highest BCUT2D eigenvalue weighted by Crippen LogP contribution is 2.11. The van der Waals surface area contributed by atoms with Crippen molar-refractivity contribution < 1.29 is 13.2 Å². The minimum absolute atomic E-state index is 0.0548. The third kappa shape index (κ3) is 4.56. The van der Waals surface area contributed by atoms with Gasteiger partial charge in [-0.3, -0.25) is 4.79 Å². The Morgan fingerprint density at radius 2 is 2.16 bits per heavy atom. The van der Waals surface area contributed by atoms with Crippen molar-refractivity contribution in [3.05, 3.63) is 18.0 Å². The number of aryl methyl sites for hydroxylation is 1. The fraction of sp³-hybridized carbons (Fsp3) is 0.545. The lowest BCUT2D eigenvalue weighted by atomic mass is 10.3. The van der Waals surface area contributed by atoms with Crippen molar-refractivity contribution in [3.8, 4) is 0 Å². The van der Waals surface area contributed by atoms with Crippen LogP contribution in [0.5, 0.6) is 0 Å². The first-order valence-electron chi connectivity index (χ1n) is 6.04. The van der Waals surface area contributed by atoms with Gasteiger partial charge in [-0.15, -0.1) is 0 Å². The molecule has 4 N–H and O–H groups in total. The van der Waals surface area contributed by atoms with E-state index in [-0.39, 0.29) is 18.2 Å². The van der Waals surface area contributed by atoms with Gasteiger partial charge in [0.25, 0.3) is 5.91 Å². The molecule has 0 spiro atoms. The van der Waals surface area contributed by atoms with E-state index in [4.69, 9.17) is 5.73 Å². The molecule has 1 aromatic rings. The number of amides is 1. The summed E-state index contributed by atoms with van der Waals surface area (Å²) < 4.78 is 26.4. The molecule has 0 saturated heterocycles. The molecule has 0 atom stereocenters. The first-order chi connectivity index (χ1) is 8.89.